The SMILES string of the molecule is Cc1ccc(Cn2cccc2C(=O)C(=O)N2CCN(c3ccc(N4CCOCC4)nn3)CC2)cc1C. The number of amides is 1. The molecule has 1 amide bonds. The molecule has 2 aromatic heterocycles. The number of ether oxygens (including phenoxy) is 1. The number of Topliss-reactive ketones (excluding diaryl/α,β-unsaturated/α-hetero) is 1. The third kappa shape index (κ3) is 5.11. The van der Waals surface area contributed by atoms with Crippen molar-refractivity contribution in [3.8, 4) is 0 Å². The molecule has 0 radical (unpaired) electrons. The third-order valence-electron chi connectivity index (χ3n) is 7.04. The summed E-state index contributed by atoms with van der Waals surface area (Å²) >= 11 is 0. The van der Waals surface area contributed by atoms with Gasteiger partial charge in [-0.3, -0.25) is 9.59 Å². The summed E-state index contributed by atoms with van der Waals surface area (Å²) in [6.07, 6.45) is 1.85. The van der Waals surface area contributed by atoms with E-state index in [-0.39, 0.29) is 0 Å². The highest BCUT2D eigenvalue weighted by molar-refractivity contribution is 6.42. The minimum absolute atomic E-state index is 0.422. The maximum atomic E-state index is 13.1. The van der Waals surface area contributed by atoms with E-state index in [2.05, 4.69) is 52.0 Å². The molecule has 0 atom stereocenters. The van der Waals surface area contributed by atoms with Gasteiger partial charge in [-0.25, -0.2) is 0 Å². The number of carbonyl (C=O) groups excluding carboxylic acids is 2. The fourth-order valence-corrected chi connectivity index (χ4v) is 4.70. The van der Waals surface area contributed by atoms with Gasteiger partial charge in [-0.2, -0.15) is 0 Å². The Kier molecular flexibility index (Phi) is 6.99. The Hall–Kier alpha value is -3.72. The van der Waals surface area contributed by atoms with E-state index in [1.807, 2.05) is 29.0 Å². The lowest BCUT2D eigenvalue weighted by atomic mass is 10.1. The van der Waals surface area contributed by atoms with Gasteiger partial charge < -0.3 is 24.0 Å². The van der Waals surface area contributed by atoms with E-state index in [0.717, 1.165) is 30.3 Å². The zero-order valence-corrected chi connectivity index (χ0v) is 20.9. The van der Waals surface area contributed by atoms with Gasteiger partial charge in [0, 0.05) is 52.0 Å². The Balaban J connectivity index is 1.18. The van der Waals surface area contributed by atoms with Gasteiger partial charge >= 0.3 is 0 Å². The van der Waals surface area contributed by atoms with Crippen LogP contribution in [0.5, 0.6) is 0 Å². The number of hydrogen-bond donors (Lipinski definition) is 0. The van der Waals surface area contributed by atoms with E-state index in [1.54, 1.807) is 11.0 Å². The lowest BCUT2D eigenvalue weighted by Crippen LogP contribution is -2.51. The second-order valence-corrected chi connectivity index (χ2v) is 9.40. The van der Waals surface area contributed by atoms with E-state index in [4.69, 9.17) is 4.74 Å². The van der Waals surface area contributed by atoms with Crippen LogP contribution < -0.4 is 9.80 Å². The minimum atomic E-state index is -0.466. The summed E-state index contributed by atoms with van der Waals surface area (Å²) < 4.78 is 7.25. The number of ketones is 1. The summed E-state index contributed by atoms with van der Waals surface area (Å²) in [7, 11) is 0. The van der Waals surface area contributed by atoms with Crippen LogP contribution in [-0.4, -0.2) is 83.8 Å². The molecule has 36 heavy (non-hydrogen) atoms. The Morgan fingerprint density at radius 1 is 0.833 bits per heavy atom. The molecule has 9 nitrogen and oxygen atoms in total. The van der Waals surface area contributed by atoms with Crippen LogP contribution in [0.3, 0.4) is 0 Å². The van der Waals surface area contributed by atoms with Crippen LogP contribution in [0.2, 0.25) is 0 Å². The predicted octanol–water partition coefficient (Wildman–Crippen LogP) is 2.31. The van der Waals surface area contributed by atoms with Crippen LogP contribution in [0.15, 0.2) is 48.7 Å². The van der Waals surface area contributed by atoms with Crippen LogP contribution in [0, 0.1) is 13.8 Å². The normalized spacial score (nSPS) is 16.3. The standard InChI is InChI=1S/C27H32N6O3/c1-20-5-6-22(18-21(20)2)19-33-9-3-4-23(33)26(34)27(35)32-12-10-30(11-13-32)24-7-8-25(29-28-24)31-14-16-36-17-15-31/h3-9,18H,10-17,19H2,1-2H3. The molecule has 2 saturated heterocycles. The van der Waals surface area contributed by atoms with Crippen molar-refractivity contribution in [3.05, 3.63) is 71.0 Å². The highest BCUT2D eigenvalue weighted by atomic mass is 16.5. The number of aryl methyl sites for hydroxylation is 2. The monoisotopic (exact) mass is 488 g/mol. The second kappa shape index (κ2) is 10.5. The predicted molar refractivity (Wildman–Crippen MR) is 138 cm³/mol. The summed E-state index contributed by atoms with van der Waals surface area (Å²) in [5, 5.41) is 8.80. The van der Waals surface area contributed by atoms with Crippen LogP contribution in [0.25, 0.3) is 0 Å². The van der Waals surface area contributed by atoms with E-state index < -0.39 is 11.7 Å². The summed E-state index contributed by atoms with van der Waals surface area (Å²) in [6.45, 7) is 9.89. The van der Waals surface area contributed by atoms with E-state index in [1.165, 1.54) is 11.1 Å². The van der Waals surface area contributed by atoms with Gasteiger partial charge in [0.05, 0.1) is 18.9 Å². The molecule has 0 bridgehead atoms. The van der Waals surface area contributed by atoms with Crippen LogP contribution in [-0.2, 0) is 16.1 Å². The molecule has 5 rings (SSSR count). The smallest absolute Gasteiger partial charge is 0.296 e. The number of rotatable bonds is 6. The lowest BCUT2D eigenvalue weighted by Gasteiger charge is -2.35. The Morgan fingerprint density at radius 3 is 2.14 bits per heavy atom. The van der Waals surface area contributed by atoms with Crippen molar-refractivity contribution in [2.45, 2.75) is 20.4 Å². The topological polar surface area (TPSA) is 83.8 Å². The zero-order valence-electron chi connectivity index (χ0n) is 20.9. The molecular weight excluding hydrogens is 456 g/mol. The minimum Gasteiger partial charge on any atom is -0.378 e. The second-order valence-electron chi connectivity index (χ2n) is 9.40. The summed E-state index contributed by atoms with van der Waals surface area (Å²) in [5.41, 5.74) is 3.97. The van der Waals surface area contributed by atoms with Gasteiger partial charge in [-0.05, 0) is 54.8 Å². The summed E-state index contributed by atoms with van der Waals surface area (Å²) in [5.74, 6) is 0.716. The number of aromatic nitrogens is 3. The summed E-state index contributed by atoms with van der Waals surface area (Å²) in [4.78, 5) is 32.1. The van der Waals surface area contributed by atoms with Gasteiger partial charge in [0.1, 0.15) is 0 Å². The first-order valence-electron chi connectivity index (χ1n) is 12.5. The Bertz CT molecular complexity index is 1220. The molecule has 0 N–H and O–H groups in total. The van der Waals surface area contributed by atoms with Crippen LogP contribution >= 0.6 is 0 Å². The average molecular weight is 489 g/mol. The van der Waals surface area contributed by atoms with Crippen LogP contribution in [0.1, 0.15) is 27.2 Å². The van der Waals surface area contributed by atoms with E-state index in [9.17, 15) is 9.59 Å². The average Bonchev–Trinajstić information content (AvgIpc) is 3.38. The van der Waals surface area contributed by atoms with Crippen molar-refractivity contribution in [2.24, 2.45) is 0 Å². The first-order chi connectivity index (χ1) is 17.5. The van der Waals surface area contributed by atoms with E-state index in [0.29, 0.717) is 51.6 Å². The quantitative estimate of drug-likeness (QED) is 0.389. The molecule has 0 saturated carbocycles. The molecule has 188 valence electrons. The maximum absolute atomic E-state index is 13.1. The molecule has 9 heteroatoms. The first-order valence-corrected chi connectivity index (χ1v) is 12.5. The Morgan fingerprint density at radius 2 is 1.50 bits per heavy atom. The number of hydrogen-bond acceptors (Lipinski definition) is 7. The number of anilines is 2. The number of benzene rings is 1. The number of nitrogens with zero attached hydrogens (tertiary/aromatic N) is 6. The van der Waals surface area contributed by atoms with Crippen molar-refractivity contribution in [1.29, 1.82) is 0 Å². The van der Waals surface area contributed by atoms with Crippen LogP contribution in [0.4, 0.5) is 11.6 Å². The fourth-order valence-electron chi connectivity index (χ4n) is 4.70. The fraction of sp³-hybridized carbons (Fsp3) is 0.407. The molecule has 0 aliphatic carbocycles. The van der Waals surface area contributed by atoms with Gasteiger partial charge in [-0.15, -0.1) is 10.2 Å². The number of morpholine rings is 1. The van der Waals surface area contributed by atoms with Crippen molar-refractivity contribution in [3.63, 3.8) is 0 Å². The summed E-state index contributed by atoms with van der Waals surface area (Å²) in [6, 6.07) is 13.8. The van der Waals surface area contributed by atoms with Gasteiger partial charge in [0.2, 0.25) is 0 Å². The van der Waals surface area contributed by atoms with Crippen molar-refractivity contribution >= 4 is 23.3 Å². The first kappa shape index (κ1) is 24.0. The maximum Gasteiger partial charge on any atom is 0.296 e. The van der Waals surface area contributed by atoms with E-state index >= 15 is 0 Å². The Labute approximate surface area is 211 Å². The third-order valence-corrected chi connectivity index (χ3v) is 7.04. The molecule has 2 aliphatic rings. The van der Waals surface area contributed by atoms with Gasteiger partial charge in [0.15, 0.2) is 11.6 Å². The van der Waals surface area contributed by atoms with Crippen molar-refractivity contribution in [2.75, 3.05) is 62.3 Å². The molecule has 0 unspecified atom stereocenters. The molecule has 4 heterocycles. The molecule has 2 fully saturated rings. The molecule has 1 aromatic carbocycles. The molecule has 0 spiro atoms. The van der Waals surface area contributed by atoms with Gasteiger partial charge in [0.25, 0.3) is 11.7 Å². The van der Waals surface area contributed by atoms with Crippen molar-refractivity contribution < 1.29 is 14.3 Å². The number of piperazine rings is 1. The molecule has 2 aliphatic heterocycles. The highest BCUT2D eigenvalue weighted by Crippen LogP contribution is 2.19. The van der Waals surface area contributed by atoms with Crippen molar-refractivity contribution in [1.82, 2.24) is 19.7 Å². The lowest BCUT2D eigenvalue weighted by molar-refractivity contribution is -0.126. The largest absolute Gasteiger partial charge is 0.378 e. The highest BCUT2D eigenvalue weighted by Gasteiger charge is 2.29. The number of carbonyl (C=O) groups is 2. The molecular formula is C27H32N6O3. The van der Waals surface area contributed by atoms with Gasteiger partial charge in [-0.1, -0.05) is 18.2 Å². The zero-order chi connectivity index (χ0) is 25.1. The molecule has 3 aromatic rings.